The molecule has 9 heteroatoms. The van der Waals surface area contributed by atoms with Crippen molar-refractivity contribution in [3.8, 4) is 17.1 Å². The normalized spacial score (nSPS) is 11.0. The first-order valence-electron chi connectivity index (χ1n) is 9.42. The molecule has 0 amide bonds. The van der Waals surface area contributed by atoms with Gasteiger partial charge in [-0.15, -0.1) is 24.0 Å². The molecular weight excluding hydrogens is 498 g/mol. The van der Waals surface area contributed by atoms with Gasteiger partial charge in [0.2, 0.25) is 0 Å². The molecule has 0 radical (unpaired) electrons. The number of rotatable bonds is 7. The number of guanidine groups is 1. The summed E-state index contributed by atoms with van der Waals surface area (Å²) in [5.74, 6) is 2.54. The first-order valence-corrected chi connectivity index (χ1v) is 9.42. The van der Waals surface area contributed by atoms with Crippen molar-refractivity contribution in [3.05, 3.63) is 65.2 Å². The molecule has 0 bridgehead atoms. The molecule has 0 aliphatic heterocycles. The zero-order valence-electron chi connectivity index (χ0n) is 17.2. The van der Waals surface area contributed by atoms with Crippen LogP contribution in [0.15, 0.2) is 47.5 Å². The minimum atomic E-state index is -0.208. The zero-order chi connectivity index (χ0) is 20.6. The second-order valence-corrected chi connectivity index (χ2v) is 6.47. The first kappa shape index (κ1) is 23.6. The van der Waals surface area contributed by atoms with Gasteiger partial charge in [-0.3, -0.25) is 5.10 Å². The minimum Gasteiger partial charge on any atom is -0.497 e. The molecule has 0 aliphatic carbocycles. The van der Waals surface area contributed by atoms with Crippen molar-refractivity contribution in [2.24, 2.45) is 4.99 Å². The number of hydrogen-bond donors (Lipinski definition) is 3. The Labute approximate surface area is 192 Å². The van der Waals surface area contributed by atoms with E-state index < -0.39 is 0 Å². The van der Waals surface area contributed by atoms with Crippen molar-refractivity contribution < 1.29 is 9.13 Å². The maximum atomic E-state index is 13.4. The number of ether oxygens (including phenoxy) is 1. The van der Waals surface area contributed by atoms with Gasteiger partial charge < -0.3 is 15.4 Å². The van der Waals surface area contributed by atoms with Gasteiger partial charge >= 0.3 is 0 Å². The van der Waals surface area contributed by atoms with Crippen LogP contribution in [0.5, 0.6) is 5.75 Å². The molecule has 0 spiro atoms. The molecule has 1 aromatic heterocycles. The SMILES string of the molecule is CCNC(=NCc1ccc(F)c(C)c1)NCc1nc(-c2ccc(OC)cc2)n[nH]1.I. The van der Waals surface area contributed by atoms with E-state index in [1.807, 2.05) is 31.2 Å². The number of aryl methyl sites for hydroxylation is 1. The summed E-state index contributed by atoms with van der Waals surface area (Å²) in [5.41, 5.74) is 2.46. The molecule has 0 atom stereocenters. The number of aliphatic imine (C=N–C) groups is 1. The molecule has 2 aromatic carbocycles. The average Bonchev–Trinajstić information content (AvgIpc) is 3.21. The molecule has 3 N–H and O–H groups in total. The van der Waals surface area contributed by atoms with Crippen molar-refractivity contribution in [1.82, 2.24) is 25.8 Å². The van der Waals surface area contributed by atoms with Gasteiger partial charge in [-0.05, 0) is 55.3 Å². The van der Waals surface area contributed by atoms with Crippen LogP contribution in [0.25, 0.3) is 11.4 Å². The summed E-state index contributed by atoms with van der Waals surface area (Å²) >= 11 is 0. The Morgan fingerprint density at radius 3 is 2.60 bits per heavy atom. The second kappa shape index (κ2) is 11.5. The maximum Gasteiger partial charge on any atom is 0.191 e. The Morgan fingerprint density at radius 2 is 1.93 bits per heavy atom. The minimum absolute atomic E-state index is 0. The van der Waals surface area contributed by atoms with E-state index in [2.05, 4.69) is 30.8 Å². The van der Waals surface area contributed by atoms with Crippen molar-refractivity contribution in [3.63, 3.8) is 0 Å². The summed E-state index contributed by atoms with van der Waals surface area (Å²) in [7, 11) is 1.63. The predicted octanol–water partition coefficient (Wildman–Crippen LogP) is 3.80. The molecule has 0 aliphatic rings. The van der Waals surface area contributed by atoms with Crippen LogP contribution in [0.2, 0.25) is 0 Å². The third-order valence-corrected chi connectivity index (χ3v) is 4.29. The van der Waals surface area contributed by atoms with E-state index in [1.54, 1.807) is 26.2 Å². The smallest absolute Gasteiger partial charge is 0.191 e. The van der Waals surface area contributed by atoms with E-state index in [4.69, 9.17) is 4.74 Å². The van der Waals surface area contributed by atoms with Crippen LogP contribution in [0.4, 0.5) is 4.39 Å². The quantitative estimate of drug-likeness (QED) is 0.249. The van der Waals surface area contributed by atoms with Gasteiger partial charge in [-0.1, -0.05) is 12.1 Å². The third-order valence-electron chi connectivity index (χ3n) is 4.29. The Hall–Kier alpha value is -2.69. The number of nitrogens with zero attached hydrogens (tertiary/aromatic N) is 3. The molecule has 3 rings (SSSR count). The third kappa shape index (κ3) is 6.41. The molecular formula is C21H26FIN6O. The number of H-pyrrole nitrogens is 1. The van der Waals surface area contributed by atoms with Gasteiger partial charge in [0, 0.05) is 12.1 Å². The van der Waals surface area contributed by atoms with Gasteiger partial charge in [0.1, 0.15) is 17.4 Å². The lowest BCUT2D eigenvalue weighted by molar-refractivity contribution is 0.415. The highest BCUT2D eigenvalue weighted by atomic mass is 127. The molecule has 0 unspecified atom stereocenters. The number of halogens is 2. The highest BCUT2D eigenvalue weighted by molar-refractivity contribution is 14.0. The van der Waals surface area contributed by atoms with Crippen LogP contribution in [-0.2, 0) is 13.1 Å². The molecule has 7 nitrogen and oxygen atoms in total. The summed E-state index contributed by atoms with van der Waals surface area (Å²) in [6.07, 6.45) is 0. The van der Waals surface area contributed by atoms with E-state index in [-0.39, 0.29) is 29.8 Å². The lowest BCUT2D eigenvalue weighted by atomic mass is 10.1. The van der Waals surface area contributed by atoms with Crippen LogP contribution >= 0.6 is 24.0 Å². The maximum absolute atomic E-state index is 13.4. The topological polar surface area (TPSA) is 87.2 Å². The number of aromatic amines is 1. The standard InChI is InChI=1S/C21H25FN6O.HI/c1-4-23-21(24-12-15-5-10-18(22)14(2)11-15)25-13-19-26-20(28-27-19)16-6-8-17(29-3)9-7-16;/h5-11H,4,12-13H2,1-3H3,(H2,23,24,25)(H,26,27,28);1H. The van der Waals surface area contributed by atoms with Gasteiger partial charge in [0.15, 0.2) is 11.8 Å². The van der Waals surface area contributed by atoms with Crippen LogP contribution in [-0.4, -0.2) is 34.8 Å². The van der Waals surface area contributed by atoms with Crippen LogP contribution < -0.4 is 15.4 Å². The number of methoxy groups -OCH3 is 1. The Balaban J connectivity index is 0.00000320. The van der Waals surface area contributed by atoms with E-state index in [0.717, 1.165) is 23.4 Å². The van der Waals surface area contributed by atoms with Crippen molar-refractivity contribution in [1.29, 1.82) is 0 Å². The monoisotopic (exact) mass is 524 g/mol. The summed E-state index contributed by atoms with van der Waals surface area (Å²) in [4.78, 5) is 9.06. The predicted molar refractivity (Wildman–Crippen MR) is 127 cm³/mol. The summed E-state index contributed by atoms with van der Waals surface area (Å²) < 4.78 is 18.6. The van der Waals surface area contributed by atoms with E-state index in [9.17, 15) is 4.39 Å². The molecule has 0 saturated heterocycles. The van der Waals surface area contributed by atoms with Crippen LogP contribution in [0, 0.1) is 12.7 Å². The van der Waals surface area contributed by atoms with E-state index in [1.165, 1.54) is 6.07 Å². The van der Waals surface area contributed by atoms with E-state index >= 15 is 0 Å². The summed E-state index contributed by atoms with van der Waals surface area (Å²) in [5, 5.41) is 13.6. The molecule has 0 saturated carbocycles. The van der Waals surface area contributed by atoms with Crippen molar-refractivity contribution in [2.75, 3.05) is 13.7 Å². The number of benzene rings is 2. The fourth-order valence-corrected chi connectivity index (χ4v) is 2.73. The summed E-state index contributed by atoms with van der Waals surface area (Å²) in [6.45, 7) is 5.36. The number of hydrogen-bond acceptors (Lipinski definition) is 4. The molecule has 0 fully saturated rings. The average molecular weight is 524 g/mol. The van der Waals surface area contributed by atoms with Gasteiger partial charge in [-0.2, -0.15) is 5.10 Å². The fraction of sp³-hybridized carbons (Fsp3) is 0.286. The van der Waals surface area contributed by atoms with Gasteiger partial charge in [-0.25, -0.2) is 14.4 Å². The lowest BCUT2D eigenvalue weighted by Crippen LogP contribution is -2.37. The Kier molecular flexibility index (Phi) is 9.03. The molecule has 3 aromatic rings. The highest BCUT2D eigenvalue weighted by Gasteiger charge is 2.07. The van der Waals surface area contributed by atoms with Crippen LogP contribution in [0.3, 0.4) is 0 Å². The number of nitrogens with one attached hydrogen (secondary N) is 3. The van der Waals surface area contributed by atoms with Gasteiger partial charge in [0.05, 0.1) is 20.2 Å². The van der Waals surface area contributed by atoms with Gasteiger partial charge in [0.25, 0.3) is 0 Å². The second-order valence-electron chi connectivity index (χ2n) is 6.47. The van der Waals surface area contributed by atoms with E-state index in [0.29, 0.717) is 36.3 Å². The largest absolute Gasteiger partial charge is 0.497 e. The molecule has 1 heterocycles. The van der Waals surface area contributed by atoms with Crippen molar-refractivity contribution in [2.45, 2.75) is 26.9 Å². The highest BCUT2D eigenvalue weighted by Crippen LogP contribution is 2.18. The number of aromatic nitrogens is 3. The Bertz CT molecular complexity index is 974. The van der Waals surface area contributed by atoms with Crippen LogP contribution in [0.1, 0.15) is 23.9 Å². The fourth-order valence-electron chi connectivity index (χ4n) is 2.73. The summed E-state index contributed by atoms with van der Waals surface area (Å²) in [6, 6.07) is 12.6. The zero-order valence-corrected chi connectivity index (χ0v) is 19.5. The lowest BCUT2D eigenvalue weighted by Gasteiger charge is -2.10. The van der Waals surface area contributed by atoms with Crippen molar-refractivity contribution >= 4 is 29.9 Å². The first-order chi connectivity index (χ1) is 14.1. The Morgan fingerprint density at radius 1 is 1.17 bits per heavy atom. The molecule has 160 valence electrons. The molecule has 30 heavy (non-hydrogen) atoms.